The van der Waals surface area contributed by atoms with Gasteiger partial charge in [0.05, 0.1) is 18.2 Å². The zero-order valence-corrected chi connectivity index (χ0v) is 18.2. The second-order valence-corrected chi connectivity index (χ2v) is 7.85. The van der Waals surface area contributed by atoms with Crippen molar-refractivity contribution in [3.8, 4) is 5.75 Å². The van der Waals surface area contributed by atoms with Crippen LogP contribution >= 0.6 is 11.6 Å². The number of halogens is 4. The highest BCUT2D eigenvalue weighted by molar-refractivity contribution is 6.34. The van der Waals surface area contributed by atoms with Gasteiger partial charge in [0.25, 0.3) is 5.82 Å². The SMILES string of the molecule is O=Nc1cc(OC(F)(F)F)ccc1N(CCN1CCOCC1)c1ccc2cccc(Cl)c2[nH+]1. The highest BCUT2D eigenvalue weighted by atomic mass is 35.5. The van der Waals surface area contributed by atoms with Crippen LogP contribution in [-0.2, 0) is 4.74 Å². The Labute approximate surface area is 192 Å². The van der Waals surface area contributed by atoms with Crippen molar-refractivity contribution in [2.75, 3.05) is 44.3 Å². The quantitative estimate of drug-likeness (QED) is 0.440. The first-order chi connectivity index (χ1) is 15.8. The summed E-state index contributed by atoms with van der Waals surface area (Å²) in [4.78, 5) is 18.9. The number of benzene rings is 2. The average molecular weight is 482 g/mol. The Bertz CT molecular complexity index is 1140. The van der Waals surface area contributed by atoms with Gasteiger partial charge < -0.3 is 9.47 Å². The van der Waals surface area contributed by atoms with Crippen LogP contribution in [0.3, 0.4) is 0 Å². The third kappa shape index (κ3) is 5.70. The van der Waals surface area contributed by atoms with Crippen LogP contribution in [0.25, 0.3) is 10.9 Å². The Hall–Kier alpha value is -2.95. The summed E-state index contributed by atoms with van der Waals surface area (Å²) in [6, 6.07) is 12.7. The first kappa shape index (κ1) is 23.2. The molecule has 1 aliphatic heterocycles. The predicted octanol–water partition coefficient (Wildman–Crippen LogP) is 5.07. The minimum absolute atomic E-state index is 0.175. The Balaban J connectivity index is 1.72. The van der Waals surface area contributed by atoms with Crippen molar-refractivity contribution in [2.24, 2.45) is 5.18 Å². The summed E-state index contributed by atoms with van der Waals surface area (Å²) < 4.78 is 47.3. The zero-order valence-electron chi connectivity index (χ0n) is 17.4. The number of rotatable bonds is 7. The van der Waals surface area contributed by atoms with Crippen molar-refractivity contribution >= 4 is 39.7 Å². The minimum Gasteiger partial charge on any atom is -0.406 e. The monoisotopic (exact) mass is 481 g/mol. The molecule has 7 nitrogen and oxygen atoms in total. The lowest BCUT2D eigenvalue weighted by Crippen LogP contribution is -2.41. The molecule has 1 saturated heterocycles. The van der Waals surface area contributed by atoms with Crippen molar-refractivity contribution in [1.82, 2.24) is 4.90 Å². The molecule has 174 valence electrons. The summed E-state index contributed by atoms with van der Waals surface area (Å²) in [5.41, 5.74) is 0.868. The summed E-state index contributed by atoms with van der Waals surface area (Å²) in [6.45, 7) is 3.85. The molecule has 0 aliphatic carbocycles. The Morgan fingerprint density at radius 2 is 1.94 bits per heavy atom. The summed E-state index contributed by atoms with van der Waals surface area (Å²) in [5, 5.41) is 4.38. The van der Waals surface area contributed by atoms with Crippen molar-refractivity contribution < 1.29 is 27.6 Å². The molecule has 0 spiro atoms. The van der Waals surface area contributed by atoms with Gasteiger partial charge in [0.15, 0.2) is 16.9 Å². The van der Waals surface area contributed by atoms with Crippen LogP contribution in [-0.4, -0.2) is 50.7 Å². The Morgan fingerprint density at radius 3 is 2.67 bits per heavy atom. The van der Waals surface area contributed by atoms with E-state index in [4.69, 9.17) is 16.3 Å². The zero-order chi connectivity index (χ0) is 23.4. The van der Waals surface area contributed by atoms with Crippen LogP contribution in [0.1, 0.15) is 0 Å². The number of nitrogens with one attached hydrogen (secondary N) is 1. The maximum atomic E-state index is 12.6. The number of aromatic amines is 1. The number of anilines is 2. The number of nitrogens with zero attached hydrogens (tertiary/aromatic N) is 3. The van der Waals surface area contributed by atoms with Gasteiger partial charge in [-0.05, 0) is 29.4 Å². The van der Waals surface area contributed by atoms with E-state index in [1.54, 1.807) is 11.0 Å². The number of pyridine rings is 1. The van der Waals surface area contributed by atoms with Crippen LogP contribution in [0.5, 0.6) is 5.75 Å². The maximum absolute atomic E-state index is 12.6. The van der Waals surface area contributed by atoms with Crippen LogP contribution in [0.15, 0.2) is 53.7 Å². The molecule has 0 bridgehead atoms. The standard InChI is InChI=1S/C22H20ClF3N4O3/c23-17-3-1-2-15-4-7-20(27-21(15)17)30(9-8-29-10-12-32-13-11-29)19-6-5-16(14-18(19)28-31)33-22(24,25)26/h1-7,14H,8-13H2/p+1. The topological polar surface area (TPSA) is 68.5 Å². The number of H-pyrrole nitrogens is 1. The largest absolute Gasteiger partial charge is 0.573 e. The maximum Gasteiger partial charge on any atom is 0.573 e. The molecular weight excluding hydrogens is 461 g/mol. The minimum atomic E-state index is -4.87. The number of para-hydroxylation sites is 1. The molecule has 1 fully saturated rings. The number of ether oxygens (including phenoxy) is 2. The molecule has 0 atom stereocenters. The third-order valence-corrected chi connectivity index (χ3v) is 5.64. The Kier molecular flexibility index (Phi) is 6.96. The van der Waals surface area contributed by atoms with Gasteiger partial charge in [-0.3, -0.25) is 4.90 Å². The number of alkyl halides is 3. The molecule has 2 heterocycles. The van der Waals surface area contributed by atoms with Gasteiger partial charge in [-0.15, -0.1) is 18.1 Å². The molecule has 1 N–H and O–H groups in total. The van der Waals surface area contributed by atoms with Gasteiger partial charge in [0.1, 0.15) is 12.3 Å². The third-order valence-electron chi connectivity index (χ3n) is 5.32. The van der Waals surface area contributed by atoms with Gasteiger partial charge in [-0.2, -0.15) is 0 Å². The highest BCUT2D eigenvalue weighted by Crippen LogP contribution is 2.37. The molecule has 4 rings (SSSR count). The second kappa shape index (κ2) is 9.90. The van der Waals surface area contributed by atoms with E-state index in [9.17, 15) is 18.1 Å². The summed E-state index contributed by atoms with van der Waals surface area (Å²) in [7, 11) is 0. The van der Waals surface area contributed by atoms with Crippen molar-refractivity contribution in [3.63, 3.8) is 0 Å². The van der Waals surface area contributed by atoms with E-state index < -0.39 is 12.1 Å². The highest BCUT2D eigenvalue weighted by Gasteiger charge is 2.32. The van der Waals surface area contributed by atoms with Gasteiger partial charge in [-0.25, -0.2) is 9.88 Å². The lowest BCUT2D eigenvalue weighted by molar-refractivity contribution is -0.329. The fourth-order valence-corrected chi connectivity index (χ4v) is 3.98. The van der Waals surface area contributed by atoms with E-state index in [2.05, 4.69) is 19.8 Å². The molecule has 0 amide bonds. The van der Waals surface area contributed by atoms with Gasteiger partial charge >= 0.3 is 6.36 Å². The van der Waals surface area contributed by atoms with Crippen LogP contribution in [0.4, 0.5) is 30.4 Å². The van der Waals surface area contributed by atoms with Crippen LogP contribution in [0.2, 0.25) is 5.02 Å². The van der Waals surface area contributed by atoms with E-state index >= 15 is 0 Å². The van der Waals surface area contributed by atoms with E-state index in [1.165, 1.54) is 6.07 Å². The van der Waals surface area contributed by atoms with E-state index in [0.717, 1.165) is 30.6 Å². The first-order valence-corrected chi connectivity index (χ1v) is 10.6. The summed E-state index contributed by atoms with van der Waals surface area (Å²) in [6.07, 6.45) is -4.87. The number of morpholine rings is 1. The smallest absolute Gasteiger partial charge is 0.406 e. The molecule has 33 heavy (non-hydrogen) atoms. The molecule has 0 saturated carbocycles. The molecule has 1 aliphatic rings. The van der Waals surface area contributed by atoms with Crippen LogP contribution in [0, 0.1) is 4.91 Å². The van der Waals surface area contributed by atoms with Gasteiger partial charge in [0.2, 0.25) is 0 Å². The van der Waals surface area contributed by atoms with Crippen molar-refractivity contribution in [1.29, 1.82) is 0 Å². The molecule has 1 aromatic heterocycles. The molecule has 3 aromatic rings. The Morgan fingerprint density at radius 1 is 1.15 bits per heavy atom. The number of nitroso groups, excluding NO2 is 1. The molecular formula is C22H21ClF3N4O3+. The van der Waals surface area contributed by atoms with E-state index in [1.807, 2.05) is 24.3 Å². The predicted molar refractivity (Wildman–Crippen MR) is 118 cm³/mol. The number of hydrogen-bond acceptors (Lipinski definition) is 6. The van der Waals surface area contributed by atoms with E-state index in [0.29, 0.717) is 48.3 Å². The molecule has 2 aromatic carbocycles. The lowest BCUT2D eigenvalue weighted by atomic mass is 10.2. The molecule has 0 radical (unpaired) electrons. The number of aromatic nitrogens is 1. The fraction of sp³-hybridized carbons (Fsp3) is 0.318. The molecule has 0 unspecified atom stereocenters. The molecule has 11 heteroatoms. The first-order valence-electron chi connectivity index (χ1n) is 10.3. The summed E-state index contributed by atoms with van der Waals surface area (Å²) >= 11 is 6.36. The fourth-order valence-electron chi connectivity index (χ4n) is 3.75. The number of fused-ring (bicyclic) bond motifs is 1. The second-order valence-electron chi connectivity index (χ2n) is 7.44. The van der Waals surface area contributed by atoms with Crippen molar-refractivity contribution in [3.05, 3.63) is 58.5 Å². The van der Waals surface area contributed by atoms with E-state index in [-0.39, 0.29) is 5.69 Å². The number of hydrogen-bond donors (Lipinski definition) is 0. The average Bonchev–Trinajstić information content (AvgIpc) is 2.80. The summed E-state index contributed by atoms with van der Waals surface area (Å²) in [5.74, 6) is 0.0952. The normalized spacial score (nSPS) is 14.9. The van der Waals surface area contributed by atoms with Crippen LogP contribution < -0.4 is 14.6 Å². The van der Waals surface area contributed by atoms with Gasteiger partial charge in [-0.1, -0.05) is 23.7 Å². The van der Waals surface area contributed by atoms with Crippen molar-refractivity contribution in [2.45, 2.75) is 6.36 Å². The lowest BCUT2D eigenvalue weighted by Gasteiger charge is -2.28. The van der Waals surface area contributed by atoms with Gasteiger partial charge in [0, 0.05) is 37.2 Å².